The summed E-state index contributed by atoms with van der Waals surface area (Å²) >= 11 is 0. The van der Waals surface area contributed by atoms with Gasteiger partial charge in [0, 0.05) is 6.54 Å². The second-order valence-corrected chi connectivity index (χ2v) is 3.90. The van der Waals surface area contributed by atoms with Gasteiger partial charge in [-0.2, -0.15) is 0 Å². The molecular weight excluding hydrogens is 197 g/mol. The maximum Gasteiger partial charge on any atom is 0.123 e. The molecular formula is C11H14FNO2. The van der Waals surface area contributed by atoms with Crippen LogP contribution in [0.1, 0.15) is 12.0 Å². The summed E-state index contributed by atoms with van der Waals surface area (Å²) in [5.41, 5.74) is -0.684. The largest absolute Gasteiger partial charge is 0.388 e. The minimum Gasteiger partial charge on any atom is -0.388 e. The van der Waals surface area contributed by atoms with E-state index in [-0.39, 0.29) is 5.82 Å². The summed E-state index contributed by atoms with van der Waals surface area (Å²) in [6, 6.07) is 5.62. The van der Waals surface area contributed by atoms with Crippen LogP contribution < -0.4 is 5.32 Å². The topological polar surface area (TPSA) is 52.5 Å². The van der Waals surface area contributed by atoms with Crippen molar-refractivity contribution in [3.63, 3.8) is 0 Å². The van der Waals surface area contributed by atoms with Crippen molar-refractivity contribution in [3.05, 3.63) is 35.6 Å². The lowest BCUT2D eigenvalue weighted by Gasteiger charge is -2.37. The summed E-state index contributed by atoms with van der Waals surface area (Å²) in [5, 5.41) is 23.0. The standard InChI is InChI=1S/C11H14FNO2/c12-9-3-1-8(2-4-9)11(15)5-6-13-7-10(11)14/h1-4,10,13-15H,5-7H2/t10-,11-/m1/s1. The van der Waals surface area contributed by atoms with E-state index >= 15 is 0 Å². The molecule has 3 N–H and O–H groups in total. The van der Waals surface area contributed by atoms with E-state index in [0.717, 1.165) is 0 Å². The van der Waals surface area contributed by atoms with Gasteiger partial charge in [0.1, 0.15) is 11.4 Å². The molecule has 4 heteroatoms. The lowest BCUT2D eigenvalue weighted by atomic mass is 9.83. The molecule has 0 saturated carbocycles. The number of nitrogens with one attached hydrogen (secondary N) is 1. The Balaban J connectivity index is 2.30. The molecule has 2 atom stereocenters. The molecule has 1 saturated heterocycles. The van der Waals surface area contributed by atoms with E-state index in [9.17, 15) is 14.6 Å². The van der Waals surface area contributed by atoms with Gasteiger partial charge in [0.2, 0.25) is 0 Å². The van der Waals surface area contributed by atoms with Crippen LogP contribution in [0.5, 0.6) is 0 Å². The molecule has 1 heterocycles. The first-order valence-corrected chi connectivity index (χ1v) is 5.00. The summed E-state index contributed by atoms with van der Waals surface area (Å²) in [6.07, 6.45) is -0.420. The molecule has 15 heavy (non-hydrogen) atoms. The lowest BCUT2D eigenvalue weighted by Crippen LogP contribution is -2.51. The number of benzene rings is 1. The van der Waals surface area contributed by atoms with Gasteiger partial charge >= 0.3 is 0 Å². The molecule has 0 unspecified atom stereocenters. The van der Waals surface area contributed by atoms with E-state index in [2.05, 4.69) is 5.32 Å². The highest BCUT2D eigenvalue weighted by Gasteiger charge is 2.39. The minimum absolute atomic E-state index is 0.342. The highest BCUT2D eigenvalue weighted by molar-refractivity contribution is 5.25. The minimum atomic E-state index is -1.25. The van der Waals surface area contributed by atoms with Crippen molar-refractivity contribution < 1.29 is 14.6 Å². The van der Waals surface area contributed by atoms with Gasteiger partial charge in [0.25, 0.3) is 0 Å². The van der Waals surface area contributed by atoms with Crippen molar-refractivity contribution >= 4 is 0 Å². The monoisotopic (exact) mass is 211 g/mol. The Morgan fingerprint density at radius 3 is 2.60 bits per heavy atom. The van der Waals surface area contributed by atoms with Gasteiger partial charge in [-0.1, -0.05) is 12.1 Å². The van der Waals surface area contributed by atoms with Crippen molar-refractivity contribution in [1.29, 1.82) is 0 Å². The Kier molecular flexibility index (Phi) is 2.73. The van der Waals surface area contributed by atoms with Crippen LogP contribution in [0.25, 0.3) is 0 Å². The van der Waals surface area contributed by atoms with Crippen LogP contribution in [0.2, 0.25) is 0 Å². The van der Waals surface area contributed by atoms with E-state index in [4.69, 9.17) is 0 Å². The van der Waals surface area contributed by atoms with Crippen molar-refractivity contribution in [2.24, 2.45) is 0 Å². The van der Waals surface area contributed by atoms with E-state index in [1.54, 1.807) is 0 Å². The third-order valence-electron chi connectivity index (χ3n) is 2.92. The predicted octanol–water partition coefficient (Wildman–Crippen LogP) is 0.368. The van der Waals surface area contributed by atoms with Crippen LogP contribution in [0.15, 0.2) is 24.3 Å². The number of rotatable bonds is 1. The van der Waals surface area contributed by atoms with E-state index in [1.807, 2.05) is 0 Å². The molecule has 0 aliphatic carbocycles. The molecule has 0 amide bonds. The van der Waals surface area contributed by atoms with Crippen LogP contribution in [0.3, 0.4) is 0 Å². The zero-order valence-corrected chi connectivity index (χ0v) is 8.28. The third kappa shape index (κ3) is 1.88. The van der Waals surface area contributed by atoms with Crippen LogP contribution >= 0.6 is 0 Å². The molecule has 1 aliphatic rings. The summed E-state index contributed by atoms with van der Waals surface area (Å²) in [7, 11) is 0. The van der Waals surface area contributed by atoms with Crippen LogP contribution in [0.4, 0.5) is 4.39 Å². The number of halogens is 1. The Morgan fingerprint density at radius 2 is 2.00 bits per heavy atom. The highest BCUT2D eigenvalue weighted by atomic mass is 19.1. The second kappa shape index (κ2) is 3.89. The average molecular weight is 211 g/mol. The molecule has 0 radical (unpaired) electrons. The SMILES string of the molecule is O[C@@H]1CNCC[C@@]1(O)c1ccc(F)cc1. The number of piperidine rings is 1. The van der Waals surface area contributed by atoms with Crippen molar-refractivity contribution in [1.82, 2.24) is 5.32 Å². The van der Waals surface area contributed by atoms with Gasteiger partial charge < -0.3 is 15.5 Å². The molecule has 1 aliphatic heterocycles. The highest BCUT2D eigenvalue weighted by Crippen LogP contribution is 2.30. The summed E-state index contributed by atoms with van der Waals surface area (Å²) in [4.78, 5) is 0. The van der Waals surface area contributed by atoms with Gasteiger partial charge in [-0.05, 0) is 30.7 Å². The number of aliphatic hydroxyl groups excluding tert-OH is 1. The summed E-state index contributed by atoms with van der Waals surface area (Å²) in [5.74, 6) is -0.342. The predicted molar refractivity (Wildman–Crippen MR) is 53.8 cm³/mol. The first kappa shape index (κ1) is 10.5. The molecule has 3 nitrogen and oxygen atoms in total. The van der Waals surface area contributed by atoms with Gasteiger partial charge in [0.05, 0.1) is 6.10 Å². The molecule has 2 rings (SSSR count). The third-order valence-corrected chi connectivity index (χ3v) is 2.92. The fourth-order valence-corrected chi connectivity index (χ4v) is 1.93. The van der Waals surface area contributed by atoms with Crippen molar-refractivity contribution in [2.75, 3.05) is 13.1 Å². The van der Waals surface area contributed by atoms with E-state index < -0.39 is 11.7 Å². The fraction of sp³-hybridized carbons (Fsp3) is 0.455. The van der Waals surface area contributed by atoms with Crippen LogP contribution in [-0.2, 0) is 5.60 Å². The first-order valence-electron chi connectivity index (χ1n) is 5.00. The number of hydrogen-bond acceptors (Lipinski definition) is 3. The second-order valence-electron chi connectivity index (χ2n) is 3.90. The van der Waals surface area contributed by atoms with Gasteiger partial charge in [0.15, 0.2) is 0 Å². The zero-order valence-electron chi connectivity index (χ0n) is 8.28. The van der Waals surface area contributed by atoms with Crippen LogP contribution in [-0.4, -0.2) is 29.4 Å². The smallest absolute Gasteiger partial charge is 0.123 e. The maximum atomic E-state index is 12.7. The molecule has 0 aromatic heterocycles. The molecule has 0 bridgehead atoms. The van der Waals surface area contributed by atoms with E-state index in [1.165, 1.54) is 24.3 Å². The van der Waals surface area contributed by atoms with Gasteiger partial charge in [-0.15, -0.1) is 0 Å². The molecule has 0 spiro atoms. The number of hydrogen-bond donors (Lipinski definition) is 3. The number of aliphatic hydroxyl groups is 2. The molecule has 1 fully saturated rings. The first-order chi connectivity index (χ1) is 7.13. The number of β-amino-alcohol motifs (C(OH)–C–C–N with tert-alkyl or cyclic N) is 1. The van der Waals surface area contributed by atoms with Crippen molar-refractivity contribution in [2.45, 2.75) is 18.1 Å². The van der Waals surface area contributed by atoms with Gasteiger partial charge in [-0.3, -0.25) is 0 Å². The molecule has 82 valence electrons. The van der Waals surface area contributed by atoms with Crippen molar-refractivity contribution in [3.8, 4) is 0 Å². The Hall–Kier alpha value is -0.970. The quantitative estimate of drug-likeness (QED) is 0.629. The van der Waals surface area contributed by atoms with Crippen LogP contribution in [0, 0.1) is 5.82 Å². The summed E-state index contributed by atoms with van der Waals surface area (Å²) in [6.45, 7) is 0.999. The lowest BCUT2D eigenvalue weighted by molar-refractivity contribution is -0.0977. The normalized spacial score (nSPS) is 31.5. The van der Waals surface area contributed by atoms with Gasteiger partial charge in [-0.25, -0.2) is 4.39 Å². The molecule has 1 aromatic rings. The molecule has 1 aromatic carbocycles. The van der Waals surface area contributed by atoms with E-state index in [0.29, 0.717) is 25.1 Å². The fourth-order valence-electron chi connectivity index (χ4n) is 1.93. The Labute approximate surface area is 87.6 Å². The zero-order chi connectivity index (χ0) is 10.9. The Bertz CT molecular complexity index is 341. The Morgan fingerprint density at radius 1 is 1.33 bits per heavy atom. The maximum absolute atomic E-state index is 12.7. The average Bonchev–Trinajstić information content (AvgIpc) is 2.23. The summed E-state index contributed by atoms with van der Waals surface area (Å²) < 4.78 is 12.7.